The number of aliphatic hydroxyl groups excluding tert-OH is 4. The largest absolute Gasteiger partial charge is 0.399 e. The van der Waals surface area contributed by atoms with Crippen molar-refractivity contribution in [2.24, 2.45) is 0 Å². The van der Waals surface area contributed by atoms with Gasteiger partial charge in [-0.25, -0.2) is 0 Å². The van der Waals surface area contributed by atoms with Crippen LogP contribution < -0.4 is 54.8 Å². The van der Waals surface area contributed by atoms with Crippen molar-refractivity contribution in [2.75, 3.05) is 90.1 Å². The van der Waals surface area contributed by atoms with Gasteiger partial charge in [-0.3, -0.25) is 101 Å². The van der Waals surface area contributed by atoms with Gasteiger partial charge in [0.25, 0.3) is 82.7 Å². The number of amides is 16. The Morgan fingerprint density at radius 3 is 0.862 bits per heavy atom. The average Bonchev–Trinajstić information content (AvgIpc) is 1.55. The number of nitrogens with one attached hydrogen (secondary N) is 6. The number of benzene rings is 9. The van der Waals surface area contributed by atoms with Crippen LogP contribution in [0.1, 0.15) is 181 Å². The number of rotatable bonds is 14. The molecule has 116 heavy (non-hydrogen) atoms. The van der Waals surface area contributed by atoms with Crippen molar-refractivity contribution in [1.82, 2.24) is 24.5 Å². The zero-order valence-corrected chi connectivity index (χ0v) is 62.7. The second kappa shape index (κ2) is 34.4. The molecular weight excluding hydrogens is 1500 g/mol. The fourth-order valence-electron chi connectivity index (χ4n) is 12.5. The summed E-state index contributed by atoms with van der Waals surface area (Å²) in [6.07, 6.45) is 0. The molecule has 35 nitrogen and oxygen atoms in total. The molecule has 18 N–H and O–H groups in total. The topological polar surface area (TPSA) is 547 Å². The van der Waals surface area contributed by atoms with Gasteiger partial charge >= 0.3 is 0 Å². The molecular formula is C81H73N15O20. The number of carbonyl (C=O) groups is 16. The Morgan fingerprint density at radius 1 is 0.284 bits per heavy atom. The standard InChI is InChI=1S/C27H25N3O8.C23H17N3O4.C13H13N3O4.2C9H9N3O2/c1-30-26(37)21-8-20(28-24(35)14-2-4-16(10-31)18(6-14)12-33)9-22(23(21)27(30)38)29-25(36)15-3-5-17(11-32)19(7-15)13-34;1-26-22(29)17-12-16(24-20(27)14-8-4-2-5-9-14)13-18(19(17)23(26)30)25-21(28)15-10-6-3-7-11-15;1-6(17)14-8-4-9-11(10(5-8)15-7(2)18)13(20)16(3)12(9)19;2*1-12-8(13)5-2-4(10)3-6(11)7(5)9(12)14/h2-9,31-34H,10-13H2,1H3,(H,28,35)(H,29,36);2-13H,1H3,(H,24,27)(H,25,28);4-5H,1-3H3,(H,14,17)(H,15,18);2*2-3H,10-11H2,1H3. The molecule has 0 radical (unpaired) electrons. The maximum atomic E-state index is 13.0. The summed E-state index contributed by atoms with van der Waals surface area (Å²) in [5.74, 6) is -7.38. The molecule has 0 fully saturated rings. The first kappa shape index (κ1) is 83.0. The summed E-state index contributed by atoms with van der Waals surface area (Å²) in [6, 6.07) is 40.2. The van der Waals surface area contributed by atoms with E-state index in [-0.39, 0.29) is 162 Å². The summed E-state index contributed by atoms with van der Waals surface area (Å²) in [5.41, 5.74) is 29.0. The summed E-state index contributed by atoms with van der Waals surface area (Å²) in [4.78, 5) is 199. The number of imide groups is 5. The Labute approximate surface area is 658 Å². The van der Waals surface area contributed by atoms with Crippen LogP contribution in [0.15, 0.2) is 158 Å². The Hall–Kier alpha value is -15.5. The van der Waals surface area contributed by atoms with Crippen molar-refractivity contribution in [1.29, 1.82) is 0 Å². The highest BCUT2D eigenvalue weighted by Gasteiger charge is 2.41. The highest BCUT2D eigenvalue weighted by molar-refractivity contribution is 6.29. The molecule has 5 heterocycles. The van der Waals surface area contributed by atoms with Gasteiger partial charge in [-0.2, -0.15) is 0 Å². The molecule has 0 spiro atoms. The number of nitrogen functional groups attached to an aromatic ring is 4. The first-order valence-corrected chi connectivity index (χ1v) is 34.6. The number of aliphatic hydroxyl groups is 4. The van der Waals surface area contributed by atoms with Crippen LogP contribution in [0.4, 0.5) is 56.9 Å². The summed E-state index contributed by atoms with van der Waals surface area (Å²) < 4.78 is 0. The minimum Gasteiger partial charge on any atom is -0.399 e. The molecule has 592 valence electrons. The van der Waals surface area contributed by atoms with Crippen molar-refractivity contribution < 1.29 is 97.1 Å². The minimum atomic E-state index is -0.642. The van der Waals surface area contributed by atoms with Crippen LogP contribution in [0.2, 0.25) is 0 Å². The van der Waals surface area contributed by atoms with Gasteiger partial charge in [0, 0.05) is 111 Å². The lowest BCUT2D eigenvalue weighted by Crippen LogP contribution is -2.24. The summed E-state index contributed by atoms with van der Waals surface area (Å²) in [5, 5.41) is 53.5. The molecule has 0 unspecified atom stereocenters. The van der Waals surface area contributed by atoms with E-state index in [4.69, 9.17) is 22.9 Å². The van der Waals surface area contributed by atoms with Gasteiger partial charge in [-0.15, -0.1) is 0 Å². The van der Waals surface area contributed by atoms with E-state index in [1.807, 2.05) is 0 Å². The van der Waals surface area contributed by atoms with Crippen LogP contribution in [0.5, 0.6) is 0 Å². The molecule has 9 aromatic carbocycles. The van der Waals surface area contributed by atoms with Gasteiger partial charge < -0.3 is 75.3 Å². The number of hydrogen-bond acceptors (Lipinski definition) is 24. The van der Waals surface area contributed by atoms with Crippen molar-refractivity contribution in [3.05, 3.63) is 258 Å². The molecule has 0 atom stereocenters. The first-order chi connectivity index (χ1) is 55.0. The quantitative estimate of drug-likeness (QED) is 0.0452. The lowest BCUT2D eigenvalue weighted by molar-refractivity contribution is -0.115. The highest BCUT2D eigenvalue weighted by Crippen LogP contribution is 2.38. The second-order valence-electron chi connectivity index (χ2n) is 26.3. The Kier molecular flexibility index (Phi) is 24.6. The third-order valence-corrected chi connectivity index (χ3v) is 18.4. The van der Waals surface area contributed by atoms with Crippen LogP contribution >= 0.6 is 0 Å². The van der Waals surface area contributed by atoms with Crippen LogP contribution in [0, 0.1) is 0 Å². The van der Waals surface area contributed by atoms with E-state index in [0.717, 1.165) is 24.5 Å². The second-order valence-corrected chi connectivity index (χ2v) is 26.3. The van der Waals surface area contributed by atoms with Gasteiger partial charge in [0.05, 0.1) is 99.1 Å². The Bertz CT molecular complexity index is 5650. The number of anilines is 10. The molecule has 0 saturated carbocycles. The van der Waals surface area contributed by atoms with Gasteiger partial charge in [0.15, 0.2) is 0 Å². The predicted molar refractivity (Wildman–Crippen MR) is 422 cm³/mol. The molecule has 16 amide bonds. The first-order valence-electron chi connectivity index (χ1n) is 34.6. The monoisotopic (exact) mass is 1580 g/mol. The predicted octanol–water partition coefficient (Wildman–Crippen LogP) is 5.79. The lowest BCUT2D eigenvalue weighted by Gasteiger charge is -2.14. The van der Waals surface area contributed by atoms with E-state index in [1.165, 1.54) is 146 Å². The number of nitrogens with two attached hydrogens (primary N) is 4. The molecule has 5 aliphatic heterocycles. The van der Waals surface area contributed by atoms with E-state index in [2.05, 4.69) is 31.9 Å². The molecule has 14 rings (SSSR count). The van der Waals surface area contributed by atoms with Crippen molar-refractivity contribution in [3.63, 3.8) is 0 Å². The molecule has 0 saturated heterocycles. The number of carbonyl (C=O) groups excluding carboxylic acids is 16. The molecule has 9 aromatic rings. The Balaban J connectivity index is 0.000000162. The average molecular weight is 1580 g/mol. The van der Waals surface area contributed by atoms with E-state index in [9.17, 15) is 97.1 Å². The number of hydrogen-bond donors (Lipinski definition) is 14. The summed E-state index contributed by atoms with van der Waals surface area (Å²) in [6.45, 7) is 1.21. The third-order valence-electron chi connectivity index (χ3n) is 18.4. The fraction of sp³-hybridized carbons (Fsp3) is 0.136. The van der Waals surface area contributed by atoms with Gasteiger partial charge in [0.1, 0.15) is 0 Å². The van der Waals surface area contributed by atoms with Crippen LogP contribution in [-0.4, -0.2) is 175 Å². The molecule has 0 bridgehead atoms. The zero-order valence-electron chi connectivity index (χ0n) is 62.7. The fourth-order valence-corrected chi connectivity index (χ4v) is 12.5. The maximum absolute atomic E-state index is 13.0. The zero-order chi connectivity index (χ0) is 84.7. The van der Waals surface area contributed by atoms with E-state index in [1.54, 1.807) is 60.7 Å². The summed E-state index contributed by atoms with van der Waals surface area (Å²) >= 11 is 0. The van der Waals surface area contributed by atoms with Crippen molar-refractivity contribution >= 4 is 151 Å². The van der Waals surface area contributed by atoms with E-state index >= 15 is 0 Å². The van der Waals surface area contributed by atoms with Crippen LogP contribution in [0.25, 0.3) is 0 Å². The van der Waals surface area contributed by atoms with Gasteiger partial charge in [0.2, 0.25) is 11.8 Å². The molecule has 0 aliphatic carbocycles. The number of nitrogens with zero attached hydrogens (tertiary/aromatic N) is 5. The smallest absolute Gasteiger partial charge is 0.263 e. The SMILES string of the molecule is CC(=O)Nc1cc(NC(C)=O)c2c(c1)C(=O)N(C)C2=O.CN1C(=O)c2cc(N)cc(N)c2C1=O.CN1C(=O)c2cc(N)cc(N)c2C1=O.CN1C(=O)c2cc(NC(=O)c3ccc(CO)c(CO)c3)cc(NC(=O)c3ccc(CO)c(CO)c3)c2C1=O.CN1C(=O)c2cc(NC(=O)c3ccccc3)cc(NC(=O)c3ccccc3)c2C1=O. The highest BCUT2D eigenvalue weighted by atomic mass is 16.3. The van der Waals surface area contributed by atoms with Gasteiger partial charge in [-0.05, 0) is 131 Å². The molecule has 0 aromatic heterocycles. The normalized spacial score (nSPS) is 13.2. The van der Waals surface area contributed by atoms with Gasteiger partial charge in [-0.1, -0.05) is 48.5 Å². The van der Waals surface area contributed by atoms with Crippen molar-refractivity contribution in [2.45, 2.75) is 40.3 Å². The molecule has 35 heteroatoms. The lowest BCUT2D eigenvalue weighted by atomic mass is 10.0. The van der Waals surface area contributed by atoms with E-state index < -0.39 is 59.8 Å². The Morgan fingerprint density at radius 2 is 0.552 bits per heavy atom. The van der Waals surface area contributed by atoms with E-state index in [0.29, 0.717) is 56.1 Å². The van der Waals surface area contributed by atoms with Crippen LogP contribution in [0.3, 0.4) is 0 Å². The van der Waals surface area contributed by atoms with Crippen LogP contribution in [-0.2, 0) is 36.0 Å². The molecule has 5 aliphatic rings. The number of fused-ring (bicyclic) bond motifs is 5. The van der Waals surface area contributed by atoms with Crippen molar-refractivity contribution in [3.8, 4) is 0 Å². The summed E-state index contributed by atoms with van der Waals surface area (Å²) in [7, 11) is 6.87. The minimum absolute atomic E-state index is 0.00559. The maximum Gasteiger partial charge on any atom is 0.263 e. The third kappa shape index (κ3) is 17.0.